The van der Waals surface area contributed by atoms with Crippen LogP contribution in [0.3, 0.4) is 0 Å². The SMILES string of the molecule is O=C(O)c1sc(NC(=O)C(F)(F)F)nc1C1CCCO1. The molecule has 6 nitrogen and oxygen atoms in total. The predicted molar refractivity (Wildman–Crippen MR) is 61.7 cm³/mol. The first-order valence-electron chi connectivity index (χ1n) is 5.53. The van der Waals surface area contributed by atoms with Gasteiger partial charge in [-0.3, -0.25) is 10.1 Å². The smallest absolute Gasteiger partial charge is 0.471 e. The first-order chi connectivity index (χ1) is 9.29. The number of nitrogens with zero attached hydrogens (tertiary/aromatic N) is 1. The van der Waals surface area contributed by atoms with Crippen LogP contribution in [0.15, 0.2) is 0 Å². The molecule has 0 saturated carbocycles. The molecule has 10 heteroatoms. The van der Waals surface area contributed by atoms with Gasteiger partial charge in [-0.2, -0.15) is 13.2 Å². The van der Waals surface area contributed by atoms with Crippen LogP contribution in [0.1, 0.15) is 34.3 Å². The van der Waals surface area contributed by atoms with Gasteiger partial charge >= 0.3 is 18.1 Å². The number of carbonyl (C=O) groups excluding carboxylic acids is 1. The van der Waals surface area contributed by atoms with Crippen molar-refractivity contribution in [3.8, 4) is 0 Å². The zero-order chi connectivity index (χ0) is 14.9. The summed E-state index contributed by atoms with van der Waals surface area (Å²) in [5, 5.41) is 10.2. The molecule has 1 atom stereocenters. The van der Waals surface area contributed by atoms with Crippen LogP contribution < -0.4 is 5.32 Å². The molecule has 110 valence electrons. The highest BCUT2D eigenvalue weighted by Crippen LogP contribution is 2.35. The van der Waals surface area contributed by atoms with E-state index >= 15 is 0 Å². The summed E-state index contributed by atoms with van der Waals surface area (Å²) in [7, 11) is 0. The number of rotatable bonds is 3. The van der Waals surface area contributed by atoms with Gasteiger partial charge in [0.1, 0.15) is 11.0 Å². The number of amides is 1. The van der Waals surface area contributed by atoms with Gasteiger partial charge in [-0.1, -0.05) is 11.3 Å². The number of ether oxygens (including phenoxy) is 1. The number of aromatic nitrogens is 1. The van der Waals surface area contributed by atoms with E-state index in [2.05, 4.69) is 4.98 Å². The van der Waals surface area contributed by atoms with E-state index < -0.39 is 29.3 Å². The minimum atomic E-state index is -5.06. The highest BCUT2D eigenvalue weighted by atomic mass is 32.1. The summed E-state index contributed by atoms with van der Waals surface area (Å²) in [6.07, 6.45) is -4.37. The molecule has 0 aromatic carbocycles. The fourth-order valence-corrected chi connectivity index (χ4v) is 2.57. The number of carboxylic acids is 1. The van der Waals surface area contributed by atoms with E-state index in [0.717, 1.165) is 0 Å². The van der Waals surface area contributed by atoms with Crippen LogP contribution >= 0.6 is 11.3 Å². The van der Waals surface area contributed by atoms with Gasteiger partial charge in [-0.05, 0) is 12.8 Å². The van der Waals surface area contributed by atoms with Gasteiger partial charge in [0.2, 0.25) is 0 Å². The van der Waals surface area contributed by atoms with E-state index in [-0.39, 0.29) is 10.6 Å². The van der Waals surface area contributed by atoms with Crippen LogP contribution in [0.2, 0.25) is 0 Å². The monoisotopic (exact) mass is 310 g/mol. The Balaban J connectivity index is 2.25. The fourth-order valence-electron chi connectivity index (χ4n) is 1.72. The number of thiazole rings is 1. The van der Waals surface area contributed by atoms with Crippen molar-refractivity contribution in [2.75, 3.05) is 11.9 Å². The highest BCUT2D eigenvalue weighted by Gasteiger charge is 2.39. The molecule has 20 heavy (non-hydrogen) atoms. The zero-order valence-electron chi connectivity index (χ0n) is 9.86. The average molecular weight is 310 g/mol. The third-order valence-electron chi connectivity index (χ3n) is 2.56. The van der Waals surface area contributed by atoms with Crippen molar-refractivity contribution in [1.29, 1.82) is 0 Å². The van der Waals surface area contributed by atoms with Crippen LogP contribution in [0, 0.1) is 0 Å². The van der Waals surface area contributed by atoms with E-state index in [0.29, 0.717) is 30.8 Å². The molecule has 0 spiro atoms. The Morgan fingerprint density at radius 2 is 2.15 bits per heavy atom. The number of alkyl halides is 3. The number of anilines is 1. The molecule has 0 bridgehead atoms. The van der Waals surface area contributed by atoms with Gasteiger partial charge in [0.25, 0.3) is 0 Å². The van der Waals surface area contributed by atoms with Gasteiger partial charge in [-0.25, -0.2) is 9.78 Å². The van der Waals surface area contributed by atoms with Crippen molar-refractivity contribution < 1.29 is 32.6 Å². The molecule has 1 saturated heterocycles. The number of carboxylic acid groups (broad SMARTS) is 1. The first kappa shape index (κ1) is 14.7. The van der Waals surface area contributed by atoms with Crippen LogP contribution in [0.4, 0.5) is 18.3 Å². The van der Waals surface area contributed by atoms with E-state index in [9.17, 15) is 22.8 Å². The summed E-state index contributed by atoms with van der Waals surface area (Å²) in [6.45, 7) is 0.436. The minimum absolute atomic E-state index is 0.0532. The van der Waals surface area contributed by atoms with Crippen molar-refractivity contribution >= 4 is 28.3 Å². The Bertz CT molecular complexity index is 537. The van der Waals surface area contributed by atoms with E-state index in [1.54, 1.807) is 5.32 Å². The Labute approximate surface area is 114 Å². The lowest BCUT2D eigenvalue weighted by Crippen LogP contribution is -2.29. The maximum atomic E-state index is 12.1. The normalized spacial score (nSPS) is 19.1. The topological polar surface area (TPSA) is 88.5 Å². The van der Waals surface area contributed by atoms with Gasteiger partial charge in [0.15, 0.2) is 5.13 Å². The lowest BCUT2D eigenvalue weighted by Gasteiger charge is -2.06. The molecular weight excluding hydrogens is 301 g/mol. The molecule has 1 aromatic heterocycles. The van der Waals surface area contributed by atoms with Crippen molar-refractivity contribution in [2.45, 2.75) is 25.1 Å². The summed E-state index contributed by atoms with van der Waals surface area (Å²) in [5.74, 6) is -3.51. The van der Waals surface area contributed by atoms with Gasteiger partial charge in [0, 0.05) is 6.61 Å². The second kappa shape index (κ2) is 5.37. The Morgan fingerprint density at radius 1 is 1.45 bits per heavy atom. The standard InChI is InChI=1S/C10H9F3N2O4S/c11-10(12,13)8(18)15-9-14-5(4-2-1-3-19-4)6(20-9)7(16)17/h4H,1-3H2,(H,16,17)(H,14,15,18). The number of hydrogen-bond donors (Lipinski definition) is 2. The number of carbonyl (C=O) groups is 2. The quantitative estimate of drug-likeness (QED) is 0.893. The lowest BCUT2D eigenvalue weighted by molar-refractivity contribution is -0.167. The van der Waals surface area contributed by atoms with E-state index in [1.165, 1.54) is 0 Å². The van der Waals surface area contributed by atoms with Crippen LogP contribution in [0.25, 0.3) is 0 Å². The van der Waals surface area contributed by atoms with E-state index in [1.807, 2.05) is 0 Å². The molecule has 1 aromatic rings. The molecule has 1 fully saturated rings. The summed E-state index contributed by atoms with van der Waals surface area (Å²) in [4.78, 5) is 25.4. The number of hydrogen-bond acceptors (Lipinski definition) is 5. The Kier molecular flexibility index (Phi) is 3.95. The third kappa shape index (κ3) is 3.07. The molecule has 0 aliphatic carbocycles. The summed E-state index contributed by atoms with van der Waals surface area (Å²) >= 11 is 0.476. The van der Waals surface area contributed by atoms with Gasteiger partial charge in [0.05, 0.1) is 5.69 Å². The summed E-state index contributed by atoms with van der Waals surface area (Å²) < 4.78 is 41.6. The van der Waals surface area contributed by atoms with Crippen molar-refractivity contribution in [3.05, 3.63) is 10.6 Å². The molecule has 1 unspecified atom stereocenters. The van der Waals surface area contributed by atoms with E-state index in [4.69, 9.17) is 9.84 Å². The van der Waals surface area contributed by atoms with Crippen LogP contribution in [-0.2, 0) is 9.53 Å². The average Bonchev–Trinajstić information content (AvgIpc) is 2.94. The Hall–Kier alpha value is -1.68. The van der Waals surface area contributed by atoms with Crippen molar-refractivity contribution in [3.63, 3.8) is 0 Å². The molecule has 0 radical (unpaired) electrons. The largest absolute Gasteiger partial charge is 0.477 e. The number of halogens is 3. The fraction of sp³-hybridized carbons (Fsp3) is 0.500. The maximum absolute atomic E-state index is 12.1. The Morgan fingerprint density at radius 3 is 2.65 bits per heavy atom. The van der Waals surface area contributed by atoms with Gasteiger partial charge < -0.3 is 9.84 Å². The minimum Gasteiger partial charge on any atom is -0.477 e. The molecule has 2 rings (SSSR count). The second-order valence-electron chi connectivity index (χ2n) is 3.99. The molecular formula is C10H9F3N2O4S. The highest BCUT2D eigenvalue weighted by molar-refractivity contribution is 7.17. The van der Waals surface area contributed by atoms with Crippen molar-refractivity contribution in [1.82, 2.24) is 4.98 Å². The van der Waals surface area contributed by atoms with Crippen LogP contribution in [-0.4, -0.2) is 34.8 Å². The second-order valence-corrected chi connectivity index (χ2v) is 4.99. The molecule has 1 aliphatic heterocycles. The number of nitrogens with one attached hydrogen (secondary N) is 1. The zero-order valence-corrected chi connectivity index (χ0v) is 10.7. The molecule has 1 aliphatic rings. The number of aromatic carboxylic acids is 1. The summed E-state index contributed by atoms with van der Waals surface area (Å²) in [5.41, 5.74) is 0.0532. The third-order valence-corrected chi connectivity index (χ3v) is 3.53. The molecule has 2 N–H and O–H groups in total. The van der Waals surface area contributed by atoms with Crippen LogP contribution in [0.5, 0.6) is 0 Å². The molecule has 1 amide bonds. The predicted octanol–water partition coefficient (Wildman–Crippen LogP) is 2.19. The van der Waals surface area contributed by atoms with Crippen molar-refractivity contribution in [2.24, 2.45) is 0 Å². The first-order valence-corrected chi connectivity index (χ1v) is 6.34. The lowest BCUT2D eigenvalue weighted by atomic mass is 10.1. The van der Waals surface area contributed by atoms with Gasteiger partial charge in [-0.15, -0.1) is 0 Å². The maximum Gasteiger partial charge on any atom is 0.471 e. The summed E-state index contributed by atoms with van der Waals surface area (Å²) in [6, 6.07) is 0. The molecule has 2 heterocycles.